The predicted molar refractivity (Wildman–Crippen MR) is 119 cm³/mol. The number of hydrogen-bond acceptors (Lipinski definition) is 3. The minimum Gasteiger partial charge on any atom is -0.494 e. The summed E-state index contributed by atoms with van der Waals surface area (Å²) in [5, 5.41) is 3.06. The molecule has 1 aromatic heterocycles. The highest BCUT2D eigenvalue weighted by Crippen LogP contribution is 2.27. The number of imidazole rings is 1. The number of carbonyl (C=O) groups is 1. The number of aryl methyl sites for hydroxylation is 1. The summed E-state index contributed by atoms with van der Waals surface area (Å²) in [6.45, 7) is 5.96. The molecule has 1 aliphatic heterocycles. The molecule has 0 saturated heterocycles. The average molecular weight is 404 g/mol. The smallest absolute Gasteiger partial charge is 0.272 e. The van der Waals surface area contributed by atoms with Gasteiger partial charge in [-0.25, -0.2) is 4.98 Å². The number of nitrogens with one attached hydrogen (secondary N) is 1. The fourth-order valence-corrected chi connectivity index (χ4v) is 4.03. The van der Waals surface area contributed by atoms with Crippen molar-refractivity contribution in [3.05, 3.63) is 71.0 Å². The zero-order valence-corrected chi connectivity index (χ0v) is 17.8. The molecule has 0 saturated carbocycles. The molecule has 1 N–H and O–H groups in total. The van der Waals surface area contributed by atoms with Crippen LogP contribution in [0.5, 0.6) is 5.75 Å². The van der Waals surface area contributed by atoms with Gasteiger partial charge >= 0.3 is 0 Å². The van der Waals surface area contributed by atoms with Crippen molar-refractivity contribution in [3.63, 3.8) is 0 Å². The number of rotatable bonds is 6. The Labute approximate surface area is 178 Å². The summed E-state index contributed by atoms with van der Waals surface area (Å²) in [5.74, 6) is 1.58. The molecule has 156 valence electrons. The van der Waals surface area contributed by atoms with Crippen LogP contribution in [0.1, 0.15) is 53.5 Å². The van der Waals surface area contributed by atoms with Crippen molar-refractivity contribution in [3.8, 4) is 17.1 Å². The zero-order chi connectivity index (χ0) is 20.9. The molecule has 0 spiro atoms. The van der Waals surface area contributed by atoms with E-state index in [1.54, 1.807) is 0 Å². The molecule has 3 aromatic rings. The van der Waals surface area contributed by atoms with Crippen molar-refractivity contribution in [1.82, 2.24) is 14.9 Å². The Hall–Kier alpha value is -3.08. The van der Waals surface area contributed by atoms with Crippen LogP contribution in [-0.2, 0) is 19.5 Å². The minimum atomic E-state index is -0.120. The van der Waals surface area contributed by atoms with Crippen molar-refractivity contribution in [2.45, 2.75) is 52.6 Å². The molecule has 4 rings (SSSR count). The zero-order valence-electron chi connectivity index (χ0n) is 17.8. The third-order valence-electron chi connectivity index (χ3n) is 5.60. The molecule has 2 heterocycles. The van der Waals surface area contributed by atoms with Crippen LogP contribution in [-0.4, -0.2) is 22.1 Å². The van der Waals surface area contributed by atoms with Gasteiger partial charge in [-0.3, -0.25) is 4.79 Å². The number of carbonyl (C=O) groups excluding carboxylic acids is 1. The number of amides is 1. The Morgan fingerprint density at radius 2 is 1.90 bits per heavy atom. The van der Waals surface area contributed by atoms with E-state index in [1.165, 1.54) is 12.0 Å². The van der Waals surface area contributed by atoms with Crippen LogP contribution in [0, 0.1) is 6.92 Å². The van der Waals surface area contributed by atoms with Crippen LogP contribution in [0.2, 0.25) is 0 Å². The molecule has 1 amide bonds. The molecule has 5 nitrogen and oxygen atoms in total. The lowest BCUT2D eigenvalue weighted by Gasteiger charge is -2.11. The number of hydrogen-bond donors (Lipinski definition) is 1. The van der Waals surface area contributed by atoms with Gasteiger partial charge in [0.1, 0.15) is 17.3 Å². The van der Waals surface area contributed by atoms with Gasteiger partial charge in [0.15, 0.2) is 0 Å². The summed E-state index contributed by atoms with van der Waals surface area (Å²) in [4.78, 5) is 18.0. The Bertz CT molecular complexity index is 1020. The Morgan fingerprint density at radius 3 is 2.70 bits per heavy atom. The first-order valence-electron chi connectivity index (χ1n) is 10.8. The third kappa shape index (κ3) is 4.25. The largest absolute Gasteiger partial charge is 0.494 e. The Morgan fingerprint density at radius 1 is 1.10 bits per heavy atom. The number of fused-ring (bicyclic) bond motifs is 1. The van der Waals surface area contributed by atoms with E-state index in [0.29, 0.717) is 18.8 Å². The van der Waals surface area contributed by atoms with Gasteiger partial charge in [0.05, 0.1) is 12.3 Å². The molecule has 2 aromatic carbocycles. The van der Waals surface area contributed by atoms with Crippen LogP contribution in [0.3, 0.4) is 0 Å². The van der Waals surface area contributed by atoms with E-state index in [-0.39, 0.29) is 5.91 Å². The maximum Gasteiger partial charge on any atom is 0.272 e. The van der Waals surface area contributed by atoms with Gasteiger partial charge in [0, 0.05) is 24.2 Å². The first-order chi connectivity index (χ1) is 14.7. The first kappa shape index (κ1) is 20.2. The Kier molecular flexibility index (Phi) is 6.17. The second-order valence-corrected chi connectivity index (χ2v) is 7.78. The van der Waals surface area contributed by atoms with Crippen molar-refractivity contribution in [2.75, 3.05) is 6.61 Å². The monoisotopic (exact) mass is 403 g/mol. The molecule has 0 fully saturated rings. The van der Waals surface area contributed by atoms with Crippen molar-refractivity contribution >= 4 is 5.91 Å². The van der Waals surface area contributed by atoms with E-state index in [0.717, 1.165) is 54.2 Å². The van der Waals surface area contributed by atoms with E-state index in [1.807, 2.05) is 31.2 Å². The van der Waals surface area contributed by atoms with E-state index in [9.17, 15) is 4.79 Å². The molecular weight excluding hydrogens is 374 g/mol. The number of para-hydroxylation sites is 1. The number of ether oxygens (including phenoxy) is 1. The standard InChI is InChI=1S/C25H29N3O2/c1-3-30-22-11-7-6-9-20(22)17-26-25(29)23-21-10-5-4-8-16-28(21)24(27-23)19-14-12-18(2)13-15-19/h6-7,9,11-15H,3-5,8,10,16-17H2,1-2H3,(H,26,29). The summed E-state index contributed by atoms with van der Waals surface area (Å²) >= 11 is 0. The van der Waals surface area contributed by atoms with Crippen LogP contribution in [0.25, 0.3) is 11.4 Å². The molecule has 0 unspecified atom stereocenters. The molecule has 1 aliphatic rings. The second kappa shape index (κ2) is 9.16. The molecule has 0 radical (unpaired) electrons. The van der Waals surface area contributed by atoms with Gasteiger partial charge in [0.25, 0.3) is 5.91 Å². The SMILES string of the molecule is CCOc1ccccc1CNC(=O)c1nc(-c2ccc(C)cc2)n2c1CCCCC2. The lowest BCUT2D eigenvalue weighted by molar-refractivity contribution is 0.0945. The van der Waals surface area contributed by atoms with Crippen LogP contribution in [0.15, 0.2) is 48.5 Å². The van der Waals surface area contributed by atoms with E-state index in [4.69, 9.17) is 9.72 Å². The summed E-state index contributed by atoms with van der Waals surface area (Å²) in [6, 6.07) is 16.2. The lowest BCUT2D eigenvalue weighted by Crippen LogP contribution is -2.25. The average Bonchev–Trinajstić information content (AvgIpc) is 2.95. The topological polar surface area (TPSA) is 56.1 Å². The second-order valence-electron chi connectivity index (χ2n) is 7.78. The maximum atomic E-state index is 13.1. The molecular formula is C25H29N3O2. The van der Waals surface area contributed by atoms with E-state index >= 15 is 0 Å². The molecule has 0 bridgehead atoms. The lowest BCUT2D eigenvalue weighted by atomic mass is 10.1. The number of benzene rings is 2. The third-order valence-corrected chi connectivity index (χ3v) is 5.60. The number of aromatic nitrogens is 2. The van der Waals surface area contributed by atoms with Gasteiger partial charge in [-0.05, 0) is 39.2 Å². The Balaban J connectivity index is 1.62. The predicted octanol–water partition coefficient (Wildman–Crippen LogP) is 4.91. The molecule has 30 heavy (non-hydrogen) atoms. The van der Waals surface area contributed by atoms with Crippen LogP contribution in [0.4, 0.5) is 0 Å². The summed E-state index contributed by atoms with van der Waals surface area (Å²) < 4.78 is 7.93. The normalized spacial score (nSPS) is 13.4. The first-order valence-corrected chi connectivity index (χ1v) is 10.8. The summed E-state index contributed by atoms with van der Waals surface area (Å²) in [5.41, 5.74) is 4.86. The molecule has 0 atom stereocenters. The van der Waals surface area contributed by atoms with E-state index in [2.05, 4.69) is 41.1 Å². The van der Waals surface area contributed by atoms with Crippen molar-refractivity contribution < 1.29 is 9.53 Å². The van der Waals surface area contributed by atoms with E-state index < -0.39 is 0 Å². The molecule has 0 aliphatic carbocycles. The van der Waals surface area contributed by atoms with Gasteiger partial charge in [-0.15, -0.1) is 0 Å². The molecule has 5 heteroatoms. The summed E-state index contributed by atoms with van der Waals surface area (Å²) in [7, 11) is 0. The van der Waals surface area contributed by atoms with Gasteiger partial charge in [-0.2, -0.15) is 0 Å². The quantitative estimate of drug-likeness (QED) is 0.636. The highest BCUT2D eigenvalue weighted by Gasteiger charge is 2.24. The van der Waals surface area contributed by atoms with Crippen LogP contribution >= 0.6 is 0 Å². The fourth-order valence-electron chi connectivity index (χ4n) is 4.03. The van der Waals surface area contributed by atoms with Crippen molar-refractivity contribution in [1.29, 1.82) is 0 Å². The van der Waals surface area contributed by atoms with Gasteiger partial charge in [0.2, 0.25) is 0 Å². The highest BCUT2D eigenvalue weighted by atomic mass is 16.5. The van der Waals surface area contributed by atoms with Crippen LogP contribution < -0.4 is 10.1 Å². The van der Waals surface area contributed by atoms with Gasteiger partial charge < -0.3 is 14.6 Å². The maximum absolute atomic E-state index is 13.1. The fraction of sp³-hybridized carbons (Fsp3) is 0.360. The minimum absolute atomic E-state index is 0.120. The van der Waals surface area contributed by atoms with Crippen molar-refractivity contribution in [2.24, 2.45) is 0 Å². The van der Waals surface area contributed by atoms with Gasteiger partial charge in [-0.1, -0.05) is 54.4 Å². The number of nitrogens with zero attached hydrogens (tertiary/aromatic N) is 2. The summed E-state index contributed by atoms with van der Waals surface area (Å²) in [6.07, 6.45) is 4.27. The highest BCUT2D eigenvalue weighted by molar-refractivity contribution is 5.94.